The van der Waals surface area contributed by atoms with Crippen LogP contribution < -0.4 is 0 Å². The Morgan fingerprint density at radius 2 is 2.00 bits per heavy atom. The monoisotopic (exact) mass is 313 g/mol. The molecule has 4 heteroatoms. The average Bonchev–Trinajstić information content (AvgIpc) is 3.14. The number of benzene rings is 1. The largest absolute Gasteiger partial charge is 0.462 e. The Hall–Kier alpha value is -1.84. The number of carbonyl (C=O) groups excluding carboxylic acids is 2. The first-order valence-electron chi connectivity index (χ1n) is 8.61. The summed E-state index contributed by atoms with van der Waals surface area (Å²) in [6.45, 7) is 4.70. The van der Waals surface area contributed by atoms with Crippen LogP contribution in [0.1, 0.15) is 32.3 Å². The Bertz CT molecular complexity index is 625. The molecule has 0 aromatic heterocycles. The van der Waals surface area contributed by atoms with Crippen LogP contribution >= 0.6 is 0 Å². The molecule has 2 bridgehead atoms. The van der Waals surface area contributed by atoms with E-state index in [0.29, 0.717) is 12.5 Å². The van der Waals surface area contributed by atoms with Crippen molar-refractivity contribution in [1.82, 2.24) is 4.90 Å². The lowest BCUT2D eigenvalue weighted by Gasteiger charge is -2.33. The highest BCUT2D eigenvalue weighted by atomic mass is 16.6. The van der Waals surface area contributed by atoms with Gasteiger partial charge in [0.05, 0.1) is 11.8 Å². The molecule has 5 unspecified atom stereocenters. The van der Waals surface area contributed by atoms with Crippen molar-refractivity contribution < 1.29 is 14.3 Å². The van der Waals surface area contributed by atoms with E-state index in [4.69, 9.17) is 4.74 Å². The fourth-order valence-corrected chi connectivity index (χ4v) is 4.83. The first-order chi connectivity index (χ1) is 11.1. The summed E-state index contributed by atoms with van der Waals surface area (Å²) in [5.41, 5.74) is 1.13. The van der Waals surface area contributed by atoms with Gasteiger partial charge in [0.15, 0.2) is 0 Å². The van der Waals surface area contributed by atoms with E-state index in [2.05, 4.69) is 0 Å². The molecule has 1 heterocycles. The average molecular weight is 313 g/mol. The summed E-state index contributed by atoms with van der Waals surface area (Å²) in [5.74, 6) is 0.249. The number of rotatable bonds is 4. The Balaban J connectivity index is 1.58. The molecule has 0 N–H and O–H groups in total. The minimum atomic E-state index is -0.191. The third-order valence-corrected chi connectivity index (χ3v) is 5.87. The zero-order valence-electron chi connectivity index (χ0n) is 13.6. The summed E-state index contributed by atoms with van der Waals surface area (Å²) in [6.07, 6.45) is 1.94. The van der Waals surface area contributed by atoms with Gasteiger partial charge in [0, 0.05) is 18.5 Å². The van der Waals surface area contributed by atoms with Gasteiger partial charge in [-0.3, -0.25) is 9.59 Å². The third kappa shape index (κ3) is 2.27. The van der Waals surface area contributed by atoms with E-state index >= 15 is 0 Å². The van der Waals surface area contributed by atoms with E-state index in [1.54, 1.807) is 0 Å². The van der Waals surface area contributed by atoms with E-state index in [1.165, 1.54) is 0 Å². The standard InChI is InChI=1S/C19H23NO3/c1-11(2)20(10-12-6-4-3-5-7-12)18(21)16-13-8-14-15(9-13)23-19(22)17(14)16/h3-7,11,13-17H,8-10H2,1-2H3. The fraction of sp³-hybridized carbons (Fsp3) is 0.579. The van der Waals surface area contributed by atoms with Crippen molar-refractivity contribution in [1.29, 1.82) is 0 Å². The molecule has 1 amide bonds. The van der Waals surface area contributed by atoms with Gasteiger partial charge in [0.1, 0.15) is 6.10 Å². The van der Waals surface area contributed by atoms with Crippen LogP contribution in [0.2, 0.25) is 0 Å². The highest BCUT2D eigenvalue weighted by Gasteiger charge is 2.64. The Labute approximate surface area is 136 Å². The van der Waals surface area contributed by atoms with Gasteiger partial charge >= 0.3 is 5.97 Å². The van der Waals surface area contributed by atoms with E-state index < -0.39 is 0 Å². The highest BCUT2D eigenvalue weighted by Crippen LogP contribution is 2.58. The lowest BCUT2D eigenvalue weighted by molar-refractivity contribution is -0.149. The Kier molecular flexibility index (Phi) is 3.43. The molecule has 122 valence electrons. The Morgan fingerprint density at radius 1 is 1.26 bits per heavy atom. The third-order valence-electron chi connectivity index (χ3n) is 5.87. The molecule has 3 fully saturated rings. The number of esters is 1. The van der Waals surface area contributed by atoms with Gasteiger partial charge in [-0.25, -0.2) is 0 Å². The van der Waals surface area contributed by atoms with Crippen LogP contribution in [0.3, 0.4) is 0 Å². The van der Waals surface area contributed by atoms with Crippen molar-refractivity contribution in [2.45, 2.75) is 45.4 Å². The number of hydrogen-bond acceptors (Lipinski definition) is 3. The summed E-state index contributed by atoms with van der Waals surface area (Å²) in [6, 6.07) is 10.2. The van der Waals surface area contributed by atoms with Gasteiger partial charge in [-0.1, -0.05) is 30.3 Å². The van der Waals surface area contributed by atoms with Crippen LogP contribution in [0.4, 0.5) is 0 Å². The second-order valence-electron chi connectivity index (χ2n) is 7.47. The molecule has 2 aliphatic carbocycles. The maximum Gasteiger partial charge on any atom is 0.310 e. The number of ether oxygens (including phenoxy) is 1. The molecule has 0 spiro atoms. The molecule has 5 atom stereocenters. The zero-order valence-corrected chi connectivity index (χ0v) is 13.6. The smallest absolute Gasteiger partial charge is 0.310 e. The maximum absolute atomic E-state index is 13.2. The lowest BCUT2D eigenvalue weighted by Crippen LogP contribution is -2.45. The number of nitrogens with zero attached hydrogens (tertiary/aromatic N) is 1. The molecule has 4 rings (SSSR count). The summed E-state index contributed by atoms with van der Waals surface area (Å²) < 4.78 is 5.47. The summed E-state index contributed by atoms with van der Waals surface area (Å²) in [4.78, 5) is 27.3. The Morgan fingerprint density at radius 3 is 2.70 bits per heavy atom. The predicted molar refractivity (Wildman–Crippen MR) is 85.2 cm³/mol. The normalized spacial score (nSPS) is 34.0. The van der Waals surface area contributed by atoms with Gasteiger partial charge in [0.25, 0.3) is 0 Å². The van der Waals surface area contributed by atoms with Crippen molar-refractivity contribution in [2.75, 3.05) is 0 Å². The molecule has 3 aliphatic rings. The quantitative estimate of drug-likeness (QED) is 0.803. The SMILES string of the molecule is CC(C)N(Cc1ccccc1)C(=O)C1C2CC3OC(=O)C1C3C2. The van der Waals surface area contributed by atoms with Crippen molar-refractivity contribution >= 4 is 11.9 Å². The molecule has 23 heavy (non-hydrogen) atoms. The minimum absolute atomic E-state index is 0.0863. The van der Waals surface area contributed by atoms with Crippen LogP contribution in [0.25, 0.3) is 0 Å². The van der Waals surface area contributed by atoms with Crippen molar-refractivity contribution in [3.8, 4) is 0 Å². The van der Waals surface area contributed by atoms with E-state index in [1.807, 2.05) is 49.1 Å². The molecule has 4 nitrogen and oxygen atoms in total. The van der Waals surface area contributed by atoms with Gasteiger partial charge in [-0.2, -0.15) is 0 Å². The van der Waals surface area contributed by atoms with Crippen LogP contribution in [-0.4, -0.2) is 28.9 Å². The summed E-state index contributed by atoms with van der Waals surface area (Å²) >= 11 is 0. The molecule has 1 saturated heterocycles. The number of hydrogen-bond donors (Lipinski definition) is 0. The minimum Gasteiger partial charge on any atom is -0.462 e. The zero-order chi connectivity index (χ0) is 16.1. The number of amides is 1. The molecule has 1 aromatic rings. The summed E-state index contributed by atoms with van der Waals surface area (Å²) in [7, 11) is 0. The molecule has 2 saturated carbocycles. The molecular weight excluding hydrogens is 290 g/mol. The van der Waals surface area contributed by atoms with Crippen LogP contribution in [0.5, 0.6) is 0 Å². The fourth-order valence-electron chi connectivity index (χ4n) is 4.83. The number of fused-ring (bicyclic) bond motifs is 1. The predicted octanol–water partition coefficient (Wildman–Crippen LogP) is 2.62. The van der Waals surface area contributed by atoms with Gasteiger partial charge < -0.3 is 9.64 Å². The number of carbonyl (C=O) groups is 2. The van der Waals surface area contributed by atoms with E-state index in [-0.39, 0.29) is 41.8 Å². The lowest BCUT2D eigenvalue weighted by atomic mass is 9.79. The van der Waals surface area contributed by atoms with Crippen molar-refractivity contribution in [3.63, 3.8) is 0 Å². The van der Waals surface area contributed by atoms with Crippen molar-refractivity contribution in [2.24, 2.45) is 23.7 Å². The van der Waals surface area contributed by atoms with E-state index in [0.717, 1.165) is 18.4 Å². The topological polar surface area (TPSA) is 46.6 Å². The first-order valence-corrected chi connectivity index (χ1v) is 8.61. The van der Waals surface area contributed by atoms with Crippen LogP contribution in [0.15, 0.2) is 30.3 Å². The molecular formula is C19H23NO3. The van der Waals surface area contributed by atoms with E-state index in [9.17, 15) is 9.59 Å². The molecule has 1 aliphatic heterocycles. The molecule has 1 aromatic carbocycles. The van der Waals surface area contributed by atoms with Gasteiger partial charge in [0.2, 0.25) is 5.91 Å². The van der Waals surface area contributed by atoms with Crippen LogP contribution in [0, 0.1) is 23.7 Å². The molecule has 0 radical (unpaired) electrons. The second-order valence-corrected chi connectivity index (χ2v) is 7.47. The van der Waals surface area contributed by atoms with Gasteiger partial charge in [-0.05, 0) is 38.2 Å². The van der Waals surface area contributed by atoms with Gasteiger partial charge in [-0.15, -0.1) is 0 Å². The highest BCUT2D eigenvalue weighted by molar-refractivity contribution is 5.88. The second kappa shape index (κ2) is 5.36. The van der Waals surface area contributed by atoms with Crippen molar-refractivity contribution in [3.05, 3.63) is 35.9 Å². The first kappa shape index (κ1) is 14.7. The summed E-state index contributed by atoms with van der Waals surface area (Å²) in [5, 5.41) is 0. The maximum atomic E-state index is 13.2. The van der Waals surface area contributed by atoms with Crippen LogP contribution in [-0.2, 0) is 20.9 Å².